The van der Waals surface area contributed by atoms with E-state index in [2.05, 4.69) is 42.5 Å². The molecule has 4 fully saturated rings. The summed E-state index contributed by atoms with van der Waals surface area (Å²) < 4.78 is 0. The molecule has 0 bridgehead atoms. The quantitative estimate of drug-likeness (QED) is 0.0606. The second-order valence-corrected chi connectivity index (χ2v) is 21.7. The molecule has 76 heavy (non-hydrogen) atoms. The lowest BCUT2D eigenvalue weighted by Crippen LogP contribution is -2.59. The van der Waals surface area contributed by atoms with Crippen LogP contribution < -0.4 is 42.5 Å². The van der Waals surface area contributed by atoms with Gasteiger partial charge in [-0.2, -0.15) is 0 Å². The van der Waals surface area contributed by atoms with Crippen LogP contribution in [0.4, 0.5) is 0 Å². The van der Waals surface area contributed by atoms with E-state index in [1.165, 1.54) is 0 Å². The van der Waals surface area contributed by atoms with Gasteiger partial charge >= 0.3 is 0 Å². The molecular formula is C58H88N10O8. The number of amides is 8. The van der Waals surface area contributed by atoms with Crippen LogP contribution in [0, 0.1) is 11.8 Å². The predicted molar refractivity (Wildman–Crippen MR) is 292 cm³/mol. The van der Waals surface area contributed by atoms with Gasteiger partial charge < -0.3 is 52.3 Å². The summed E-state index contributed by atoms with van der Waals surface area (Å²) >= 11 is 0. The summed E-state index contributed by atoms with van der Waals surface area (Å²) in [4.78, 5) is 114. The Bertz CT molecular complexity index is 2050. The van der Waals surface area contributed by atoms with Crippen LogP contribution in [0.1, 0.15) is 141 Å². The van der Waals surface area contributed by atoms with Crippen molar-refractivity contribution in [1.82, 2.24) is 52.3 Å². The van der Waals surface area contributed by atoms with Crippen molar-refractivity contribution in [2.45, 2.75) is 191 Å². The average Bonchev–Trinajstić information content (AvgIpc) is 4.16. The molecule has 8 N–H and O–H groups in total. The first-order valence-electron chi connectivity index (χ1n) is 28.6. The number of likely N-dealkylation sites (tertiary alicyclic amines) is 2. The average molecular weight is 1050 g/mol. The zero-order valence-corrected chi connectivity index (χ0v) is 45.7. The summed E-state index contributed by atoms with van der Waals surface area (Å²) in [5.74, 6) is -2.43. The standard InChI is InChI=1S/C58H88N10O8/c1-39(59-3)51(69)65-49(43-27-15-9-16-28-43)57(75)67-35-21-31-47(67)55(73)63-45(37-41-23-11-7-12-24-41)53(71)61-33-19-5-6-20-34-62-54(72)46(38-42-25-13-8-14-26-42)64-56(74)48-32-22-36-68(48)58(76)50(44-29-17-10-18-30-44)66-52(70)40(2)60-4/h7-8,11-14,23-26,39-40,43-50,59-60H,5-6,9-10,15-22,27-38H2,1-4H3,(H,61,71)(H,62,72)(H,63,73)(H,64,74)(H,65,69)(H,66,70)/t39-,40-,45-,46-,47-,48-,49-,50-/m0/s1. The Morgan fingerprint density at radius 2 is 0.829 bits per heavy atom. The highest BCUT2D eigenvalue weighted by atomic mass is 16.2. The van der Waals surface area contributed by atoms with Gasteiger partial charge in [0.1, 0.15) is 36.3 Å². The van der Waals surface area contributed by atoms with Crippen LogP contribution in [0.25, 0.3) is 0 Å². The molecular weight excluding hydrogens is 965 g/mol. The van der Waals surface area contributed by atoms with Gasteiger partial charge in [0.05, 0.1) is 12.1 Å². The normalized spacial score (nSPS) is 20.5. The van der Waals surface area contributed by atoms with Gasteiger partial charge in [-0.05, 0) is 115 Å². The summed E-state index contributed by atoms with van der Waals surface area (Å²) in [5, 5.41) is 24.0. The predicted octanol–water partition coefficient (Wildman–Crippen LogP) is 3.56. The maximum atomic E-state index is 14.3. The maximum absolute atomic E-state index is 14.3. The summed E-state index contributed by atoms with van der Waals surface area (Å²) in [6.07, 6.45) is 15.0. The SMILES string of the molecule is CN[C@@H](C)C(=O)N[C@H](C(=O)N1CCC[C@H]1C(=O)N[C@@H](Cc1ccccc1)C(=O)NCCCCCCNC(=O)[C@H](Cc1ccccc1)NC(=O)[C@@H]1CCCN1C(=O)[C@@H](NC(=O)[C@H](C)NC)C1CCCCC1)C1CCCCC1. The van der Waals surface area contributed by atoms with Crippen LogP contribution in [-0.2, 0) is 51.2 Å². The molecule has 6 rings (SSSR count). The van der Waals surface area contributed by atoms with Crippen molar-refractivity contribution in [2.24, 2.45) is 11.8 Å². The fourth-order valence-corrected chi connectivity index (χ4v) is 11.4. The molecule has 2 heterocycles. The van der Waals surface area contributed by atoms with Crippen LogP contribution in [0.2, 0.25) is 0 Å². The number of hydrogen-bond acceptors (Lipinski definition) is 10. The first kappa shape index (κ1) is 59.4. The largest absolute Gasteiger partial charge is 0.354 e. The Morgan fingerprint density at radius 1 is 0.461 bits per heavy atom. The third kappa shape index (κ3) is 17.3. The van der Waals surface area contributed by atoms with E-state index >= 15 is 0 Å². The van der Waals surface area contributed by atoms with E-state index in [9.17, 15) is 38.4 Å². The Kier molecular flexibility index (Phi) is 24.0. The molecule has 2 saturated heterocycles. The van der Waals surface area contributed by atoms with Crippen LogP contribution >= 0.6 is 0 Å². The van der Waals surface area contributed by atoms with Crippen molar-refractivity contribution >= 4 is 47.3 Å². The van der Waals surface area contributed by atoms with E-state index in [-0.39, 0.29) is 71.9 Å². The zero-order valence-electron chi connectivity index (χ0n) is 45.7. The molecule has 18 heteroatoms. The van der Waals surface area contributed by atoms with Crippen molar-refractivity contribution in [3.05, 3.63) is 71.8 Å². The number of benzene rings is 2. The molecule has 0 aromatic heterocycles. The Balaban J connectivity index is 0.990. The second-order valence-electron chi connectivity index (χ2n) is 21.7. The van der Waals surface area contributed by atoms with Gasteiger partial charge in [0, 0.05) is 39.0 Å². The number of likely N-dealkylation sites (N-methyl/N-ethyl adjacent to an activating group) is 2. The summed E-state index contributed by atoms with van der Waals surface area (Å²) in [6, 6.07) is 13.3. The van der Waals surface area contributed by atoms with E-state index in [4.69, 9.17) is 0 Å². The lowest BCUT2D eigenvalue weighted by Gasteiger charge is -2.35. The molecule has 2 saturated carbocycles. The lowest BCUT2D eigenvalue weighted by molar-refractivity contribution is -0.143. The van der Waals surface area contributed by atoms with Crippen LogP contribution in [0.15, 0.2) is 60.7 Å². The van der Waals surface area contributed by atoms with Gasteiger partial charge in [-0.15, -0.1) is 0 Å². The zero-order chi connectivity index (χ0) is 54.4. The van der Waals surface area contributed by atoms with Gasteiger partial charge in [0.2, 0.25) is 47.3 Å². The van der Waals surface area contributed by atoms with Gasteiger partial charge in [-0.25, -0.2) is 0 Å². The molecule has 8 amide bonds. The number of rotatable bonds is 27. The van der Waals surface area contributed by atoms with Gasteiger partial charge in [-0.1, -0.05) is 112 Å². The minimum absolute atomic E-state index is 0.0134. The highest BCUT2D eigenvalue weighted by Crippen LogP contribution is 2.31. The van der Waals surface area contributed by atoms with E-state index in [0.717, 1.165) is 88.2 Å². The molecule has 0 unspecified atom stereocenters. The van der Waals surface area contributed by atoms with Crippen LogP contribution in [0.5, 0.6) is 0 Å². The molecule has 2 aliphatic heterocycles. The summed E-state index contributed by atoms with van der Waals surface area (Å²) in [5.41, 5.74) is 1.76. The van der Waals surface area contributed by atoms with Crippen molar-refractivity contribution in [3.63, 3.8) is 0 Å². The van der Waals surface area contributed by atoms with Crippen LogP contribution in [-0.4, -0.2) is 146 Å². The minimum atomic E-state index is -0.882. The Labute approximate surface area is 450 Å². The number of carbonyl (C=O) groups is 8. The van der Waals surface area contributed by atoms with Gasteiger partial charge in [-0.3, -0.25) is 38.4 Å². The molecule has 0 radical (unpaired) electrons. The second kappa shape index (κ2) is 30.8. The molecule has 0 spiro atoms. The molecule has 2 aromatic carbocycles. The fraction of sp³-hybridized carbons (Fsp3) is 0.655. The van der Waals surface area contributed by atoms with Crippen molar-refractivity contribution in [1.29, 1.82) is 0 Å². The van der Waals surface area contributed by atoms with E-state index in [0.29, 0.717) is 64.7 Å². The number of hydrogen-bond donors (Lipinski definition) is 8. The van der Waals surface area contributed by atoms with E-state index < -0.39 is 48.3 Å². The summed E-state index contributed by atoms with van der Waals surface area (Å²) in [6.45, 7) is 5.05. The van der Waals surface area contributed by atoms with E-state index in [1.54, 1.807) is 37.7 Å². The summed E-state index contributed by atoms with van der Waals surface area (Å²) in [7, 11) is 3.40. The number of carbonyl (C=O) groups excluding carboxylic acids is 8. The topological polar surface area (TPSA) is 239 Å². The highest BCUT2D eigenvalue weighted by molar-refractivity contribution is 5.97. The highest BCUT2D eigenvalue weighted by Gasteiger charge is 2.44. The first-order valence-corrected chi connectivity index (χ1v) is 28.6. The molecule has 8 atom stereocenters. The fourth-order valence-electron chi connectivity index (χ4n) is 11.4. The number of nitrogens with zero attached hydrogens (tertiary/aromatic N) is 2. The molecule has 18 nitrogen and oxygen atoms in total. The molecule has 4 aliphatic rings. The number of unbranched alkanes of at least 4 members (excludes halogenated alkanes) is 3. The maximum Gasteiger partial charge on any atom is 0.246 e. The lowest BCUT2D eigenvalue weighted by atomic mass is 9.83. The van der Waals surface area contributed by atoms with E-state index in [1.807, 2.05) is 60.7 Å². The smallest absolute Gasteiger partial charge is 0.246 e. The molecule has 2 aromatic rings. The van der Waals surface area contributed by atoms with Gasteiger partial charge in [0.25, 0.3) is 0 Å². The Hall–Kier alpha value is -5.88. The van der Waals surface area contributed by atoms with Crippen molar-refractivity contribution in [3.8, 4) is 0 Å². The Morgan fingerprint density at radius 3 is 1.18 bits per heavy atom. The first-order chi connectivity index (χ1) is 36.8. The van der Waals surface area contributed by atoms with Crippen molar-refractivity contribution < 1.29 is 38.4 Å². The van der Waals surface area contributed by atoms with Gasteiger partial charge in [0.15, 0.2) is 0 Å². The van der Waals surface area contributed by atoms with Crippen LogP contribution in [0.3, 0.4) is 0 Å². The third-order valence-electron chi connectivity index (χ3n) is 16.2. The molecule has 2 aliphatic carbocycles. The minimum Gasteiger partial charge on any atom is -0.354 e. The molecule has 418 valence electrons. The monoisotopic (exact) mass is 1050 g/mol. The van der Waals surface area contributed by atoms with Crippen molar-refractivity contribution in [2.75, 3.05) is 40.3 Å². The third-order valence-corrected chi connectivity index (χ3v) is 16.2. The number of nitrogens with one attached hydrogen (secondary N) is 8.